The highest BCUT2D eigenvalue weighted by atomic mass is 16.3. The van der Waals surface area contributed by atoms with E-state index in [2.05, 4.69) is 10.5 Å². The number of hydrazone groups is 1. The fourth-order valence-corrected chi connectivity index (χ4v) is 1.73. The molecule has 0 saturated carbocycles. The van der Waals surface area contributed by atoms with Gasteiger partial charge in [-0.05, 0) is 24.1 Å². The average Bonchev–Trinajstić information content (AvgIpc) is 2.48. The fraction of sp³-hybridized carbons (Fsp3) is 0.125. The summed E-state index contributed by atoms with van der Waals surface area (Å²) in [7, 11) is 0. The van der Waals surface area contributed by atoms with Gasteiger partial charge in [-0.1, -0.05) is 42.5 Å². The Labute approximate surface area is 117 Å². The molecule has 0 saturated heterocycles. The van der Waals surface area contributed by atoms with Crippen LogP contribution in [0.4, 0.5) is 0 Å². The Morgan fingerprint density at radius 2 is 1.80 bits per heavy atom. The summed E-state index contributed by atoms with van der Waals surface area (Å²) in [6.45, 7) is 0. The van der Waals surface area contributed by atoms with Gasteiger partial charge in [0.1, 0.15) is 5.75 Å². The van der Waals surface area contributed by atoms with Gasteiger partial charge >= 0.3 is 0 Å². The second-order valence-electron chi connectivity index (χ2n) is 4.34. The van der Waals surface area contributed by atoms with E-state index in [4.69, 9.17) is 0 Å². The molecule has 20 heavy (non-hydrogen) atoms. The quantitative estimate of drug-likeness (QED) is 0.646. The maximum Gasteiger partial charge on any atom is 0.240 e. The maximum atomic E-state index is 11.6. The lowest BCUT2D eigenvalue weighted by atomic mass is 10.1. The van der Waals surface area contributed by atoms with Crippen molar-refractivity contribution >= 4 is 12.1 Å². The van der Waals surface area contributed by atoms with Crippen molar-refractivity contribution in [2.75, 3.05) is 0 Å². The van der Waals surface area contributed by atoms with Crippen LogP contribution in [0.3, 0.4) is 0 Å². The summed E-state index contributed by atoms with van der Waals surface area (Å²) in [5.74, 6) is -0.0182. The molecule has 0 atom stereocenters. The number of amides is 1. The van der Waals surface area contributed by atoms with E-state index in [0.717, 1.165) is 5.56 Å². The number of aryl methyl sites for hydroxylation is 1. The van der Waals surface area contributed by atoms with Gasteiger partial charge in [-0.2, -0.15) is 5.10 Å². The Kier molecular flexibility index (Phi) is 4.89. The van der Waals surface area contributed by atoms with Crippen LogP contribution in [-0.4, -0.2) is 17.2 Å². The number of phenolic OH excluding ortho intramolecular Hbond substituents is 1. The molecule has 0 aliphatic carbocycles. The molecular formula is C16H16N2O2. The lowest BCUT2D eigenvalue weighted by molar-refractivity contribution is -0.121. The highest BCUT2D eigenvalue weighted by molar-refractivity contribution is 5.85. The minimum Gasteiger partial charge on any atom is -0.507 e. The minimum atomic E-state index is -0.152. The second kappa shape index (κ2) is 7.09. The molecule has 2 rings (SSSR count). The summed E-state index contributed by atoms with van der Waals surface area (Å²) in [5.41, 5.74) is 4.13. The number of nitrogens with zero attached hydrogens (tertiary/aromatic N) is 1. The number of aromatic hydroxyl groups is 1. The third-order valence-electron chi connectivity index (χ3n) is 2.81. The molecular weight excluding hydrogens is 252 g/mol. The number of hydrogen-bond donors (Lipinski definition) is 2. The molecule has 1 amide bonds. The summed E-state index contributed by atoms with van der Waals surface area (Å²) < 4.78 is 0. The molecule has 102 valence electrons. The van der Waals surface area contributed by atoms with E-state index in [1.165, 1.54) is 6.21 Å². The van der Waals surface area contributed by atoms with Crippen LogP contribution < -0.4 is 5.43 Å². The van der Waals surface area contributed by atoms with Gasteiger partial charge in [-0.3, -0.25) is 4.79 Å². The molecule has 0 aromatic heterocycles. The van der Waals surface area contributed by atoms with Crippen molar-refractivity contribution in [3.63, 3.8) is 0 Å². The Hall–Kier alpha value is -2.62. The summed E-state index contributed by atoms with van der Waals surface area (Å²) in [4.78, 5) is 11.6. The zero-order valence-corrected chi connectivity index (χ0v) is 11.0. The van der Waals surface area contributed by atoms with Gasteiger partial charge in [0.25, 0.3) is 0 Å². The van der Waals surface area contributed by atoms with E-state index >= 15 is 0 Å². The number of phenols is 1. The maximum absolute atomic E-state index is 11.6. The summed E-state index contributed by atoms with van der Waals surface area (Å²) in [6.07, 6.45) is 2.48. The topological polar surface area (TPSA) is 61.7 Å². The molecule has 4 heteroatoms. The van der Waals surface area contributed by atoms with Crippen molar-refractivity contribution in [3.05, 3.63) is 65.7 Å². The van der Waals surface area contributed by atoms with E-state index in [1.54, 1.807) is 24.3 Å². The molecule has 0 fully saturated rings. The first-order valence-electron chi connectivity index (χ1n) is 6.39. The highest BCUT2D eigenvalue weighted by Gasteiger charge is 2.00. The second-order valence-corrected chi connectivity index (χ2v) is 4.34. The SMILES string of the molecule is O=C(CCc1ccccc1)N/N=C/c1ccccc1O. The fourth-order valence-electron chi connectivity index (χ4n) is 1.73. The van der Waals surface area contributed by atoms with E-state index in [1.807, 2.05) is 30.3 Å². The Balaban J connectivity index is 1.79. The van der Waals surface area contributed by atoms with Gasteiger partial charge in [0.2, 0.25) is 5.91 Å². The number of nitrogens with one attached hydrogen (secondary N) is 1. The van der Waals surface area contributed by atoms with Gasteiger partial charge in [0.15, 0.2) is 0 Å². The number of benzene rings is 2. The average molecular weight is 268 g/mol. The summed E-state index contributed by atoms with van der Waals surface area (Å²) >= 11 is 0. The van der Waals surface area contributed by atoms with Crippen molar-refractivity contribution in [2.45, 2.75) is 12.8 Å². The Bertz CT molecular complexity index is 594. The summed E-state index contributed by atoms with van der Waals surface area (Å²) in [5, 5.41) is 13.4. The van der Waals surface area contributed by atoms with Crippen molar-refractivity contribution in [1.29, 1.82) is 0 Å². The first-order valence-corrected chi connectivity index (χ1v) is 6.39. The Morgan fingerprint density at radius 3 is 2.55 bits per heavy atom. The first-order chi connectivity index (χ1) is 9.75. The minimum absolute atomic E-state index is 0.134. The molecule has 2 aromatic carbocycles. The van der Waals surface area contributed by atoms with Gasteiger partial charge in [-0.15, -0.1) is 0 Å². The van der Waals surface area contributed by atoms with E-state index in [9.17, 15) is 9.90 Å². The van der Waals surface area contributed by atoms with Crippen LogP contribution in [0.2, 0.25) is 0 Å². The largest absolute Gasteiger partial charge is 0.507 e. The molecule has 0 bridgehead atoms. The first kappa shape index (κ1) is 13.8. The number of carbonyl (C=O) groups excluding carboxylic acids is 1. The monoisotopic (exact) mass is 268 g/mol. The molecule has 0 radical (unpaired) electrons. The molecule has 0 unspecified atom stereocenters. The van der Waals surface area contributed by atoms with Crippen LogP contribution in [0.15, 0.2) is 59.7 Å². The van der Waals surface area contributed by atoms with Gasteiger partial charge < -0.3 is 5.11 Å². The predicted molar refractivity (Wildman–Crippen MR) is 78.6 cm³/mol. The van der Waals surface area contributed by atoms with E-state index in [0.29, 0.717) is 18.4 Å². The molecule has 0 heterocycles. The van der Waals surface area contributed by atoms with Crippen LogP contribution in [-0.2, 0) is 11.2 Å². The van der Waals surface area contributed by atoms with Crippen molar-refractivity contribution < 1.29 is 9.90 Å². The van der Waals surface area contributed by atoms with Crippen molar-refractivity contribution in [3.8, 4) is 5.75 Å². The van der Waals surface area contributed by atoms with Crippen LogP contribution in [0.25, 0.3) is 0 Å². The van der Waals surface area contributed by atoms with Crippen molar-refractivity contribution in [2.24, 2.45) is 5.10 Å². The zero-order chi connectivity index (χ0) is 14.2. The molecule has 0 spiro atoms. The number of carbonyl (C=O) groups is 1. The van der Waals surface area contributed by atoms with Gasteiger partial charge in [0, 0.05) is 12.0 Å². The molecule has 0 aliphatic rings. The normalized spacial score (nSPS) is 10.6. The van der Waals surface area contributed by atoms with Crippen LogP contribution in [0.5, 0.6) is 5.75 Å². The lowest BCUT2D eigenvalue weighted by Crippen LogP contribution is -2.17. The molecule has 2 N–H and O–H groups in total. The molecule has 2 aromatic rings. The third-order valence-corrected chi connectivity index (χ3v) is 2.81. The van der Waals surface area contributed by atoms with Gasteiger partial charge in [0.05, 0.1) is 6.21 Å². The predicted octanol–water partition coefficient (Wildman–Crippen LogP) is 2.48. The number of rotatable bonds is 5. The Morgan fingerprint density at radius 1 is 1.10 bits per heavy atom. The molecule has 4 nitrogen and oxygen atoms in total. The summed E-state index contributed by atoms with van der Waals surface area (Å²) in [6, 6.07) is 16.6. The van der Waals surface area contributed by atoms with Gasteiger partial charge in [-0.25, -0.2) is 5.43 Å². The van der Waals surface area contributed by atoms with Crippen LogP contribution >= 0.6 is 0 Å². The van der Waals surface area contributed by atoms with E-state index < -0.39 is 0 Å². The smallest absolute Gasteiger partial charge is 0.240 e. The number of para-hydroxylation sites is 1. The number of hydrogen-bond acceptors (Lipinski definition) is 3. The lowest BCUT2D eigenvalue weighted by Gasteiger charge is -2.01. The molecule has 0 aliphatic heterocycles. The standard InChI is InChI=1S/C16H16N2O2/c19-15-9-5-4-8-14(15)12-17-18-16(20)11-10-13-6-2-1-3-7-13/h1-9,12,19H,10-11H2,(H,18,20)/b17-12+. The van der Waals surface area contributed by atoms with Crippen LogP contribution in [0.1, 0.15) is 17.5 Å². The highest BCUT2D eigenvalue weighted by Crippen LogP contribution is 2.12. The zero-order valence-electron chi connectivity index (χ0n) is 11.0. The van der Waals surface area contributed by atoms with Crippen LogP contribution in [0, 0.1) is 0 Å². The van der Waals surface area contributed by atoms with Crippen molar-refractivity contribution in [1.82, 2.24) is 5.43 Å². The van der Waals surface area contributed by atoms with E-state index in [-0.39, 0.29) is 11.7 Å². The third kappa shape index (κ3) is 4.24.